The molecule has 4 aromatic rings. The number of nitrogens with one attached hydrogen (secondary N) is 1. The standard InChI is InChI=1S/C24H20N2OS2/c1-28-22-10-6-5-9-20(22)23(27)26-24-25-21(16-29-24)19-13-11-18(12-14-19)15-17-7-3-2-4-8-17/h2-14,16H,15H2,1H3,(H,25,26,27). The van der Waals surface area contributed by atoms with Crippen LogP contribution < -0.4 is 5.32 Å². The SMILES string of the molecule is CSc1ccccc1C(=O)Nc1nc(-c2ccc(Cc3ccccc3)cc2)cs1. The van der Waals surface area contributed by atoms with Gasteiger partial charge in [0.05, 0.1) is 11.3 Å². The molecule has 1 N–H and O–H groups in total. The van der Waals surface area contributed by atoms with E-state index in [2.05, 4.69) is 58.8 Å². The van der Waals surface area contributed by atoms with Gasteiger partial charge in [0.1, 0.15) is 0 Å². The summed E-state index contributed by atoms with van der Waals surface area (Å²) in [5, 5.41) is 5.50. The van der Waals surface area contributed by atoms with E-state index in [0.717, 1.165) is 22.6 Å². The van der Waals surface area contributed by atoms with Gasteiger partial charge in [-0.2, -0.15) is 0 Å². The first-order chi connectivity index (χ1) is 14.2. The van der Waals surface area contributed by atoms with Gasteiger partial charge in [0.15, 0.2) is 5.13 Å². The van der Waals surface area contributed by atoms with E-state index in [4.69, 9.17) is 0 Å². The highest BCUT2D eigenvalue weighted by Crippen LogP contribution is 2.27. The average Bonchev–Trinajstić information content (AvgIpc) is 3.23. The molecule has 0 saturated heterocycles. The number of nitrogens with zero attached hydrogens (tertiary/aromatic N) is 1. The van der Waals surface area contributed by atoms with E-state index >= 15 is 0 Å². The maximum absolute atomic E-state index is 12.6. The molecule has 0 bridgehead atoms. The van der Waals surface area contributed by atoms with E-state index < -0.39 is 0 Å². The van der Waals surface area contributed by atoms with Gasteiger partial charge >= 0.3 is 0 Å². The lowest BCUT2D eigenvalue weighted by Crippen LogP contribution is -2.12. The van der Waals surface area contributed by atoms with Gasteiger partial charge < -0.3 is 0 Å². The van der Waals surface area contributed by atoms with Crippen LogP contribution in [-0.2, 0) is 6.42 Å². The van der Waals surface area contributed by atoms with Crippen LogP contribution in [-0.4, -0.2) is 17.1 Å². The second-order valence-corrected chi connectivity index (χ2v) is 8.26. The van der Waals surface area contributed by atoms with E-state index in [-0.39, 0.29) is 5.91 Å². The summed E-state index contributed by atoms with van der Waals surface area (Å²) in [4.78, 5) is 18.1. The van der Waals surface area contributed by atoms with Crippen molar-refractivity contribution in [2.75, 3.05) is 11.6 Å². The highest BCUT2D eigenvalue weighted by atomic mass is 32.2. The summed E-state index contributed by atoms with van der Waals surface area (Å²) < 4.78 is 0. The zero-order valence-electron chi connectivity index (χ0n) is 16.0. The Morgan fingerprint density at radius 2 is 1.62 bits per heavy atom. The minimum Gasteiger partial charge on any atom is -0.298 e. The van der Waals surface area contributed by atoms with Gasteiger partial charge in [0.25, 0.3) is 5.91 Å². The van der Waals surface area contributed by atoms with Crippen LogP contribution in [0.3, 0.4) is 0 Å². The second-order valence-electron chi connectivity index (χ2n) is 6.55. The number of carbonyl (C=O) groups excluding carboxylic acids is 1. The molecule has 0 spiro atoms. The zero-order chi connectivity index (χ0) is 20.1. The molecule has 1 heterocycles. The maximum atomic E-state index is 12.6. The molecule has 3 nitrogen and oxygen atoms in total. The summed E-state index contributed by atoms with van der Waals surface area (Å²) in [7, 11) is 0. The summed E-state index contributed by atoms with van der Waals surface area (Å²) in [5.41, 5.74) is 5.14. The number of hydrogen-bond donors (Lipinski definition) is 1. The number of amides is 1. The Bertz CT molecular complexity index is 1110. The number of thioether (sulfide) groups is 1. The number of anilines is 1. The van der Waals surface area contributed by atoms with Gasteiger partial charge in [-0.15, -0.1) is 23.1 Å². The van der Waals surface area contributed by atoms with E-state index in [0.29, 0.717) is 10.7 Å². The maximum Gasteiger partial charge on any atom is 0.258 e. The van der Waals surface area contributed by atoms with Gasteiger partial charge in [-0.25, -0.2) is 4.98 Å². The summed E-state index contributed by atoms with van der Waals surface area (Å²) in [6.07, 6.45) is 2.88. The lowest BCUT2D eigenvalue weighted by atomic mass is 10.0. The number of rotatable bonds is 6. The Morgan fingerprint density at radius 1 is 0.931 bits per heavy atom. The molecule has 0 aliphatic heterocycles. The lowest BCUT2D eigenvalue weighted by Gasteiger charge is -2.06. The fraction of sp³-hybridized carbons (Fsp3) is 0.0833. The third kappa shape index (κ3) is 4.75. The van der Waals surface area contributed by atoms with Crippen LogP contribution in [0, 0.1) is 0 Å². The first-order valence-corrected chi connectivity index (χ1v) is 11.4. The minimum absolute atomic E-state index is 0.131. The molecule has 0 aliphatic carbocycles. The Kier molecular flexibility index (Phi) is 6.08. The van der Waals surface area contributed by atoms with Crippen LogP contribution in [0.1, 0.15) is 21.5 Å². The topological polar surface area (TPSA) is 42.0 Å². The molecule has 0 radical (unpaired) electrons. The van der Waals surface area contributed by atoms with Crippen molar-refractivity contribution >= 4 is 34.1 Å². The zero-order valence-corrected chi connectivity index (χ0v) is 17.6. The Labute approximate surface area is 178 Å². The third-order valence-corrected chi connectivity index (χ3v) is 6.13. The Balaban J connectivity index is 1.45. The number of carbonyl (C=O) groups is 1. The van der Waals surface area contributed by atoms with E-state index in [9.17, 15) is 4.79 Å². The minimum atomic E-state index is -0.131. The first kappa shape index (κ1) is 19.4. The Hall–Kier alpha value is -2.89. The highest BCUT2D eigenvalue weighted by Gasteiger charge is 2.13. The van der Waals surface area contributed by atoms with Crippen molar-refractivity contribution in [1.82, 2.24) is 4.98 Å². The molecule has 1 amide bonds. The van der Waals surface area contributed by atoms with Crippen molar-refractivity contribution in [3.8, 4) is 11.3 Å². The predicted octanol–water partition coefficient (Wildman–Crippen LogP) is 6.38. The van der Waals surface area contributed by atoms with E-state index in [1.54, 1.807) is 11.8 Å². The molecule has 0 atom stereocenters. The van der Waals surface area contributed by atoms with E-state index in [1.807, 2.05) is 42.0 Å². The van der Waals surface area contributed by atoms with Crippen LogP contribution in [0.25, 0.3) is 11.3 Å². The number of thiazole rings is 1. The number of benzene rings is 3. The van der Waals surface area contributed by atoms with Crippen LogP contribution in [0.5, 0.6) is 0 Å². The van der Waals surface area contributed by atoms with E-state index in [1.165, 1.54) is 22.5 Å². The van der Waals surface area contributed by atoms with Crippen molar-refractivity contribution in [2.45, 2.75) is 11.3 Å². The van der Waals surface area contributed by atoms with Crippen molar-refractivity contribution in [3.05, 3.63) is 101 Å². The van der Waals surface area contributed by atoms with Crippen LogP contribution in [0.15, 0.2) is 89.1 Å². The fourth-order valence-corrected chi connectivity index (χ4v) is 4.40. The molecule has 0 unspecified atom stereocenters. The molecule has 4 rings (SSSR count). The summed E-state index contributed by atoms with van der Waals surface area (Å²) in [6, 6.07) is 26.5. The summed E-state index contributed by atoms with van der Waals surface area (Å²) in [5.74, 6) is -0.131. The van der Waals surface area contributed by atoms with Crippen LogP contribution in [0.2, 0.25) is 0 Å². The lowest BCUT2D eigenvalue weighted by molar-refractivity contribution is 0.102. The number of hydrogen-bond acceptors (Lipinski definition) is 4. The van der Waals surface area contributed by atoms with Gasteiger partial charge in [-0.3, -0.25) is 10.1 Å². The van der Waals surface area contributed by atoms with Crippen molar-refractivity contribution < 1.29 is 4.79 Å². The van der Waals surface area contributed by atoms with Crippen molar-refractivity contribution in [3.63, 3.8) is 0 Å². The molecule has 29 heavy (non-hydrogen) atoms. The van der Waals surface area contributed by atoms with Gasteiger partial charge in [-0.1, -0.05) is 66.7 Å². The molecular formula is C24H20N2OS2. The molecule has 1 aromatic heterocycles. The van der Waals surface area contributed by atoms with Gasteiger partial charge in [0, 0.05) is 15.8 Å². The Morgan fingerprint density at radius 3 is 2.38 bits per heavy atom. The quantitative estimate of drug-likeness (QED) is 0.371. The molecule has 3 aromatic carbocycles. The summed E-state index contributed by atoms with van der Waals surface area (Å²) >= 11 is 3.00. The second kappa shape index (κ2) is 9.07. The molecular weight excluding hydrogens is 396 g/mol. The smallest absolute Gasteiger partial charge is 0.258 e. The largest absolute Gasteiger partial charge is 0.298 e. The third-order valence-electron chi connectivity index (χ3n) is 4.58. The van der Waals surface area contributed by atoms with Crippen molar-refractivity contribution in [1.29, 1.82) is 0 Å². The van der Waals surface area contributed by atoms with Gasteiger partial charge in [0.2, 0.25) is 0 Å². The first-order valence-electron chi connectivity index (χ1n) is 9.26. The van der Waals surface area contributed by atoms with Crippen LogP contribution >= 0.6 is 23.1 Å². The normalized spacial score (nSPS) is 10.7. The monoisotopic (exact) mass is 416 g/mol. The highest BCUT2D eigenvalue weighted by molar-refractivity contribution is 7.98. The molecule has 0 aliphatic rings. The molecule has 0 fully saturated rings. The predicted molar refractivity (Wildman–Crippen MR) is 123 cm³/mol. The molecule has 144 valence electrons. The number of aromatic nitrogens is 1. The van der Waals surface area contributed by atoms with Crippen LogP contribution in [0.4, 0.5) is 5.13 Å². The van der Waals surface area contributed by atoms with Gasteiger partial charge in [-0.05, 0) is 35.9 Å². The van der Waals surface area contributed by atoms with Crippen molar-refractivity contribution in [2.24, 2.45) is 0 Å². The summed E-state index contributed by atoms with van der Waals surface area (Å²) in [6.45, 7) is 0. The average molecular weight is 417 g/mol. The molecule has 5 heteroatoms. The fourth-order valence-electron chi connectivity index (χ4n) is 3.09. The molecule has 0 saturated carbocycles.